The van der Waals surface area contributed by atoms with E-state index in [1.165, 1.54) is 0 Å². The van der Waals surface area contributed by atoms with Crippen molar-refractivity contribution < 1.29 is 9.66 Å². The van der Waals surface area contributed by atoms with Crippen LogP contribution in [0, 0.1) is 17.0 Å². The number of hydrogen-bond donors (Lipinski definition) is 2. The Morgan fingerprint density at radius 2 is 2.25 bits per heavy atom. The van der Waals surface area contributed by atoms with Gasteiger partial charge in [0, 0.05) is 13.1 Å². The number of aryl methyl sites for hydroxylation is 1. The Bertz CT molecular complexity index is 461. The molecule has 0 fully saturated rings. The van der Waals surface area contributed by atoms with Crippen LogP contribution < -0.4 is 15.4 Å². The largest absolute Gasteiger partial charge is 0.494 e. The van der Waals surface area contributed by atoms with Crippen LogP contribution in [0.25, 0.3) is 0 Å². The molecule has 110 valence electrons. The fourth-order valence-electron chi connectivity index (χ4n) is 1.64. The molecule has 0 aliphatic heterocycles. The Hall–Kier alpha value is -2.24. The number of nitro groups is 1. The number of benzene rings is 1. The van der Waals surface area contributed by atoms with Gasteiger partial charge >= 0.3 is 0 Å². The first-order valence-electron chi connectivity index (χ1n) is 6.64. The third-order valence-corrected chi connectivity index (χ3v) is 2.50. The molecule has 0 aliphatic rings. The maximum absolute atomic E-state index is 10.4. The summed E-state index contributed by atoms with van der Waals surface area (Å²) in [5.74, 6) is 1.27. The molecule has 0 aromatic heterocycles. The topological polar surface area (TPSA) is 76.4 Å². The van der Waals surface area contributed by atoms with Crippen LogP contribution in [-0.2, 0) is 0 Å². The maximum atomic E-state index is 10.4. The molecule has 1 aromatic carbocycles. The van der Waals surface area contributed by atoms with E-state index in [0.29, 0.717) is 25.5 Å². The van der Waals surface area contributed by atoms with E-state index in [0.717, 1.165) is 23.9 Å². The molecule has 1 rings (SSSR count). The number of nitrogens with zero attached hydrogens (tertiary/aromatic N) is 1. The highest BCUT2D eigenvalue weighted by Crippen LogP contribution is 2.12. The van der Waals surface area contributed by atoms with Crippen LogP contribution in [0.4, 0.5) is 0 Å². The summed E-state index contributed by atoms with van der Waals surface area (Å²) in [7, 11) is 0. The molecular formula is C14H21N3O3. The van der Waals surface area contributed by atoms with Crippen molar-refractivity contribution in [3.63, 3.8) is 0 Å². The van der Waals surface area contributed by atoms with Gasteiger partial charge in [-0.25, -0.2) is 0 Å². The predicted molar refractivity (Wildman–Crippen MR) is 78.0 cm³/mol. The number of hydrogen-bond acceptors (Lipinski definition) is 5. The fraction of sp³-hybridized carbons (Fsp3) is 0.429. The number of nitrogens with one attached hydrogen (secondary N) is 2. The minimum atomic E-state index is -0.478. The van der Waals surface area contributed by atoms with Crippen LogP contribution in [0.5, 0.6) is 5.75 Å². The Morgan fingerprint density at radius 1 is 1.45 bits per heavy atom. The summed E-state index contributed by atoms with van der Waals surface area (Å²) in [5, 5.41) is 16.3. The molecule has 0 amide bonds. The second-order valence-corrected chi connectivity index (χ2v) is 4.30. The molecule has 6 heteroatoms. The summed E-state index contributed by atoms with van der Waals surface area (Å²) in [5.41, 5.74) is 1.16. The van der Waals surface area contributed by atoms with Gasteiger partial charge in [0.05, 0.1) is 11.5 Å². The molecule has 6 nitrogen and oxygen atoms in total. The molecule has 0 bridgehead atoms. The summed E-state index contributed by atoms with van der Waals surface area (Å²) in [6, 6.07) is 7.85. The Morgan fingerprint density at radius 3 is 2.90 bits per heavy atom. The van der Waals surface area contributed by atoms with Crippen molar-refractivity contribution in [3.8, 4) is 5.75 Å². The average molecular weight is 279 g/mol. The van der Waals surface area contributed by atoms with E-state index in [1.807, 2.05) is 38.1 Å². The molecule has 0 aliphatic carbocycles. The first-order chi connectivity index (χ1) is 9.61. The van der Waals surface area contributed by atoms with Crippen LogP contribution in [0.3, 0.4) is 0 Å². The van der Waals surface area contributed by atoms with Gasteiger partial charge in [-0.05, 0) is 38.0 Å². The quantitative estimate of drug-likeness (QED) is 0.411. The monoisotopic (exact) mass is 279 g/mol. The molecule has 0 unspecified atom stereocenters. The van der Waals surface area contributed by atoms with Crippen molar-refractivity contribution in [3.05, 3.63) is 52.0 Å². The van der Waals surface area contributed by atoms with Crippen LogP contribution >= 0.6 is 0 Å². The molecule has 0 radical (unpaired) electrons. The van der Waals surface area contributed by atoms with E-state index in [1.54, 1.807) is 0 Å². The van der Waals surface area contributed by atoms with Crippen molar-refractivity contribution in [1.29, 1.82) is 0 Å². The molecule has 0 spiro atoms. The third kappa shape index (κ3) is 6.63. The maximum Gasteiger partial charge on any atom is 0.274 e. The van der Waals surface area contributed by atoms with E-state index < -0.39 is 4.92 Å². The summed E-state index contributed by atoms with van der Waals surface area (Å²) >= 11 is 0. The van der Waals surface area contributed by atoms with Crippen LogP contribution in [0.2, 0.25) is 0 Å². The smallest absolute Gasteiger partial charge is 0.274 e. The zero-order valence-corrected chi connectivity index (χ0v) is 11.9. The van der Waals surface area contributed by atoms with Gasteiger partial charge in [-0.3, -0.25) is 10.1 Å². The van der Waals surface area contributed by atoms with Gasteiger partial charge in [0.1, 0.15) is 5.75 Å². The van der Waals surface area contributed by atoms with Crippen molar-refractivity contribution in [1.82, 2.24) is 10.6 Å². The summed E-state index contributed by atoms with van der Waals surface area (Å²) in [6.45, 7) is 5.70. The Balaban J connectivity index is 2.25. The first-order valence-corrected chi connectivity index (χ1v) is 6.64. The zero-order chi connectivity index (χ0) is 14.8. The van der Waals surface area contributed by atoms with E-state index in [9.17, 15) is 10.1 Å². The van der Waals surface area contributed by atoms with Crippen molar-refractivity contribution in [2.75, 3.05) is 19.7 Å². The van der Waals surface area contributed by atoms with E-state index in [4.69, 9.17) is 4.74 Å². The average Bonchev–Trinajstić information content (AvgIpc) is 2.38. The van der Waals surface area contributed by atoms with Crippen molar-refractivity contribution in [2.45, 2.75) is 20.3 Å². The first kappa shape index (κ1) is 15.8. The van der Waals surface area contributed by atoms with E-state index >= 15 is 0 Å². The van der Waals surface area contributed by atoms with E-state index in [-0.39, 0.29) is 0 Å². The highest BCUT2D eigenvalue weighted by Gasteiger charge is 2.00. The van der Waals surface area contributed by atoms with E-state index in [2.05, 4.69) is 10.6 Å². The lowest BCUT2D eigenvalue weighted by Crippen LogP contribution is -2.28. The normalized spacial score (nSPS) is 11.0. The molecule has 2 N–H and O–H groups in total. The van der Waals surface area contributed by atoms with Crippen LogP contribution in [-0.4, -0.2) is 24.6 Å². The standard InChI is InChI=1S/C14H21N3O3/c1-3-15-14(11-17(18)19)16-8-5-9-20-13-7-4-6-12(2)10-13/h4,6-7,10-11,15-16H,3,5,8-9H2,1-2H3. The van der Waals surface area contributed by atoms with Crippen molar-refractivity contribution in [2.24, 2.45) is 0 Å². The molecule has 0 atom stereocenters. The lowest BCUT2D eigenvalue weighted by molar-refractivity contribution is -0.404. The Labute approximate surface area is 119 Å². The minimum absolute atomic E-state index is 0.424. The summed E-state index contributed by atoms with van der Waals surface area (Å²) < 4.78 is 5.60. The predicted octanol–water partition coefficient (Wildman–Crippen LogP) is 2.04. The molecule has 20 heavy (non-hydrogen) atoms. The van der Waals surface area contributed by atoms with Crippen LogP contribution in [0.15, 0.2) is 36.3 Å². The second-order valence-electron chi connectivity index (χ2n) is 4.30. The highest BCUT2D eigenvalue weighted by atomic mass is 16.6. The fourth-order valence-corrected chi connectivity index (χ4v) is 1.64. The van der Waals surface area contributed by atoms with Gasteiger partial charge in [0.2, 0.25) is 0 Å². The van der Waals surface area contributed by atoms with Gasteiger partial charge in [-0.1, -0.05) is 12.1 Å². The van der Waals surface area contributed by atoms with Gasteiger partial charge in [-0.2, -0.15) is 0 Å². The number of rotatable bonds is 9. The summed E-state index contributed by atoms with van der Waals surface area (Å²) in [4.78, 5) is 9.94. The SMILES string of the molecule is CCNC(=C[N+](=O)[O-])NCCCOc1cccc(C)c1. The molecule has 1 aromatic rings. The van der Waals surface area contributed by atoms with Gasteiger partial charge < -0.3 is 15.4 Å². The third-order valence-electron chi connectivity index (χ3n) is 2.50. The minimum Gasteiger partial charge on any atom is -0.494 e. The second kappa shape index (κ2) is 8.79. The van der Waals surface area contributed by atoms with Gasteiger partial charge in [0.25, 0.3) is 6.20 Å². The molecule has 0 saturated heterocycles. The van der Waals surface area contributed by atoms with Gasteiger partial charge in [-0.15, -0.1) is 0 Å². The Kier molecular flexibility index (Phi) is 6.95. The zero-order valence-electron chi connectivity index (χ0n) is 11.9. The van der Waals surface area contributed by atoms with Gasteiger partial charge in [0.15, 0.2) is 5.82 Å². The summed E-state index contributed by atoms with van der Waals surface area (Å²) in [6.07, 6.45) is 1.69. The molecule has 0 saturated carbocycles. The lowest BCUT2D eigenvalue weighted by Gasteiger charge is -2.10. The van der Waals surface area contributed by atoms with Crippen molar-refractivity contribution >= 4 is 0 Å². The lowest BCUT2D eigenvalue weighted by atomic mass is 10.2. The molecule has 0 heterocycles. The highest BCUT2D eigenvalue weighted by molar-refractivity contribution is 5.27. The molecular weight excluding hydrogens is 258 g/mol. The van der Waals surface area contributed by atoms with Crippen LogP contribution in [0.1, 0.15) is 18.9 Å². The number of ether oxygens (including phenoxy) is 1.